The fourth-order valence-corrected chi connectivity index (χ4v) is 2.71. The average molecular weight is 268 g/mol. The first kappa shape index (κ1) is 12.9. The van der Waals surface area contributed by atoms with E-state index >= 15 is 0 Å². The van der Waals surface area contributed by atoms with Crippen molar-refractivity contribution in [3.63, 3.8) is 0 Å². The summed E-state index contributed by atoms with van der Waals surface area (Å²) in [6.07, 6.45) is 0.0541. The van der Waals surface area contributed by atoms with Crippen LogP contribution in [-0.4, -0.2) is 28.9 Å². The zero-order valence-electron chi connectivity index (χ0n) is 10.2. The van der Waals surface area contributed by atoms with Crippen molar-refractivity contribution in [1.29, 1.82) is 0 Å². The smallest absolute Gasteiger partial charge is 0.309 e. The number of amides is 1. The number of carbonyl (C=O) groups is 2. The molecule has 0 aliphatic carbocycles. The van der Waals surface area contributed by atoms with Crippen molar-refractivity contribution in [2.45, 2.75) is 19.4 Å². The molecule has 1 aliphatic rings. The lowest BCUT2D eigenvalue weighted by Gasteiger charge is -2.25. The van der Waals surface area contributed by atoms with Crippen LogP contribution in [0.4, 0.5) is 0 Å². The summed E-state index contributed by atoms with van der Waals surface area (Å²) in [6, 6.07) is 4.89. The average Bonchev–Trinajstić information content (AvgIpc) is 2.57. The Labute approximate surface area is 110 Å². The Bertz CT molecular complexity index is 515. The van der Waals surface area contributed by atoms with Crippen molar-refractivity contribution in [1.82, 2.24) is 4.90 Å². The second-order valence-electron chi connectivity index (χ2n) is 4.60. The standard InChI is InChI=1S/C13H14ClNO3/c1-7-5-8(14)3-4-9(7)12-10(13(17)18)6-11(16)15(12)2/h3-5,10,12H,6H2,1-2H3,(H,17,18). The third-order valence-electron chi connectivity index (χ3n) is 3.45. The quantitative estimate of drug-likeness (QED) is 0.894. The number of benzene rings is 1. The highest BCUT2D eigenvalue weighted by molar-refractivity contribution is 6.30. The topological polar surface area (TPSA) is 57.6 Å². The molecule has 4 nitrogen and oxygen atoms in total. The maximum absolute atomic E-state index is 11.7. The number of halogens is 1. The normalized spacial score (nSPS) is 23.5. The Morgan fingerprint density at radius 3 is 2.72 bits per heavy atom. The zero-order valence-corrected chi connectivity index (χ0v) is 10.9. The highest BCUT2D eigenvalue weighted by Crippen LogP contribution is 2.38. The van der Waals surface area contributed by atoms with E-state index in [9.17, 15) is 14.7 Å². The highest BCUT2D eigenvalue weighted by Gasteiger charge is 2.43. The molecular formula is C13H14ClNO3. The predicted octanol–water partition coefficient (Wildman–Crippen LogP) is 2.25. The number of carbonyl (C=O) groups excluding carboxylic acids is 1. The van der Waals surface area contributed by atoms with E-state index in [-0.39, 0.29) is 12.3 Å². The van der Waals surface area contributed by atoms with Crippen LogP contribution in [0.15, 0.2) is 18.2 Å². The molecule has 18 heavy (non-hydrogen) atoms. The maximum Gasteiger partial charge on any atom is 0.309 e. The van der Waals surface area contributed by atoms with Crippen LogP contribution in [0.1, 0.15) is 23.6 Å². The minimum atomic E-state index is -0.938. The summed E-state index contributed by atoms with van der Waals surface area (Å²) in [7, 11) is 1.64. The number of carboxylic acids is 1. The first-order chi connectivity index (χ1) is 8.41. The van der Waals surface area contributed by atoms with Gasteiger partial charge in [0.2, 0.25) is 5.91 Å². The molecule has 1 aromatic rings. The van der Waals surface area contributed by atoms with Gasteiger partial charge in [-0.1, -0.05) is 17.7 Å². The lowest BCUT2D eigenvalue weighted by molar-refractivity contribution is -0.142. The van der Waals surface area contributed by atoms with E-state index < -0.39 is 17.9 Å². The van der Waals surface area contributed by atoms with E-state index in [0.29, 0.717) is 5.02 Å². The summed E-state index contributed by atoms with van der Waals surface area (Å²) in [5, 5.41) is 9.83. The summed E-state index contributed by atoms with van der Waals surface area (Å²) >= 11 is 5.89. The first-order valence-electron chi connectivity index (χ1n) is 5.66. The van der Waals surface area contributed by atoms with Gasteiger partial charge in [-0.25, -0.2) is 0 Å². The van der Waals surface area contributed by atoms with Gasteiger partial charge in [-0.15, -0.1) is 0 Å². The summed E-state index contributed by atoms with van der Waals surface area (Å²) in [5.41, 5.74) is 1.75. The molecule has 0 aromatic heterocycles. The molecular weight excluding hydrogens is 254 g/mol. The SMILES string of the molecule is Cc1cc(Cl)ccc1C1C(C(=O)O)CC(=O)N1C. The monoisotopic (exact) mass is 267 g/mol. The molecule has 1 fully saturated rings. The molecule has 0 bridgehead atoms. The zero-order chi connectivity index (χ0) is 13.4. The van der Waals surface area contributed by atoms with E-state index in [1.54, 1.807) is 25.2 Å². The van der Waals surface area contributed by atoms with E-state index in [1.807, 2.05) is 6.92 Å². The largest absolute Gasteiger partial charge is 0.481 e. The number of rotatable bonds is 2. The van der Waals surface area contributed by atoms with Gasteiger partial charge in [0.05, 0.1) is 12.0 Å². The van der Waals surface area contributed by atoms with Crippen LogP contribution in [0.2, 0.25) is 5.02 Å². The molecule has 1 N–H and O–H groups in total. The minimum Gasteiger partial charge on any atom is -0.481 e. The molecule has 0 spiro atoms. The van der Waals surface area contributed by atoms with Crippen molar-refractivity contribution in [2.24, 2.45) is 5.92 Å². The van der Waals surface area contributed by atoms with Gasteiger partial charge in [-0.05, 0) is 30.2 Å². The van der Waals surface area contributed by atoms with Crippen molar-refractivity contribution >= 4 is 23.5 Å². The van der Waals surface area contributed by atoms with Gasteiger partial charge in [-0.2, -0.15) is 0 Å². The molecule has 0 radical (unpaired) electrons. The molecule has 1 aromatic carbocycles. The van der Waals surface area contributed by atoms with E-state index in [2.05, 4.69) is 0 Å². The molecule has 2 atom stereocenters. The van der Waals surface area contributed by atoms with Crippen molar-refractivity contribution in [3.05, 3.63) is 34.3 Å². The molecule has 1 aliphatic heterocycles. The lowest BCUT2D eigenvalue weighted by atomic mass is 9.91. The molecule has 1 heterocycles. The van der Waals surface area contributed by atoms with Crippen molar-refractivity contribution < 1.29 is 14.7 Å². The Morgan fingerprint density at radius 1 is 1.50 bits per heavy atom. The minimum absolute atomic E-state index is 0.0541. The Hall–Kier alpha value is -1.55. The summed E-state index contributed by atoms with van der Waals surface area (Å²) in [5.74, 6) is -1.77. The number of hydrogen-bond acceptors (Lipinski definition) is 2. The molecule has 1 saturated heterocycles. The number of hydrogen-bond donors (Lipinski definition) is 1. The second-order valence-corrected chi connectivity index (χ2v) is 5.04. The van der Waals surface area contributed by atoms with Gasteiger partial charge in [0.15, 0.2) is 0 Å². The van der Waals surface area contributed by atoms with Gasteiger partial charge in [-0.3, -0.25) is 9.59 Å². The van der Waals surface area contributed by atoms with Crippen LogP contribution < -0.4 is 0 Å². The summed E-state index contributed by atoms with van der Waals surface area (Å²) < 4.78 is 0. The van der Waals surface area contributed by atoms with Crippen LogP contribution in [-0.2, 0) is 9.59 Å². The third kappa shape index (κ3) is 2.08. The number of nitrogens with zero attached hydrogens (tertiary/aromatic N) is 1. The van der Waals surface area contributed by atoms with Gasteiger partial charge in [0, 0.05) is 18.5 Å². The van der Waals surface area contributed by atoms with Crippen LogP contribution in [0.25, 0.3) is 0 Å². The van der Waals surface area contributed by atoms with Gasteiger partial charge in [0.25, 0.3) is 0 Å². The lowest BCUT2D eigenvalue weighted by Crippen LogP contribution is -2.27. The third-order valence-corrected chi connectivity index (χ3v) is 3.69. The van der Waals surface area contributed by atoms with Crippen molar-refractivity contribution in [3.8, 4) is 0 Å². The highest BCUT2D eigenvalue weighted by atomic mass is 35.5. The molecule has 1 amide bonds. The number of likely N-dealkylation sites (tertiary alicyclic amines) is 1. The van der Waals surface area contributed by atoms with Crippen LogP contribution >= 0.6 is 11.6 Å². The van der Waals surface area contributed by atoms with E-state index in [0.717, 1.165) is 11.1 Å². The Kier molecular flexibility index (Phi) is 3.30. The van der Waals surface area contributed by atoms with Crippen LogP contribution in [0, 0.1) is 12.8 Å². The summed E-state index contributed by atoms with van der Waals surface area (Å²) in [4.78, 5) is 24.4. The fourth-order valence-electron chi connectivity index (χ4n) is 2.49. The Balaban J connectivity index is 2.46. The number of aliphatic carboxylic acids is 1. The molecule has 5 heteroatoms. The van der Waals surface area contributed by atoms with Crippen LogP contribution in [0.3, 0.4) is 0 Å². The number of aryl methyl sites for hydroxylation is 1. The van der Waals surface area contributed by atoms with Gasteiger partial charge < -0.3 is 10.0 Å². The van der Waals surface area contributed by atoms with E-state index in [4.69, 9.17) is 11.6 Å². The fraction of sp³-hybridized carbons (Fsp3) is 0.385. The second kappa shape index (κ2) is 4.61. The molecule has 0 saturated carbocycles. The van der Waals surface area contributed by atoms with E-state index in [1.165, 1.54) is 4.90 Å². The first-order valence-corrected chi connectivity index (χ1v) is 6.04. The van der Waals surface area contributed by atoms with Gasteiger partial charge >= 0.3 is 5.97 Å². The molecule has 96 valence electrons. The maximum atomic E-state index is 11.7. The number of carboxylic acid groups (broad SMARTS) is 1. The predicted molar refractivity (Wildman–Crippen MR) is 67.4 cm³/mol. The summed E-state index contributed by atoms with van der Waals surface area (Å²) in [6.45, 7) is 1.87. The molecule has 2 rings (SSSR count). The van der Waals surface area contributed by atoms with Gasteiger partial charge in [0.1, 0.15) is 0 Å². The van der Waals surface area contributed by atoms with Crippen molar-refractivity contribution in [2.75, 3.05) is 7.05 Å². The van der Waals surface area contributed by atoms with Crippen LogP contribution in [0.5, 0.6) is 0 Å². The molecule has 2 unspecified atom stereocenters. The Morgan fingerprint density at radius 2 is 2.17 bits per heavy atom.